The minimum Gasteiger partial charge on any atom is -0.339 e. The molecule has 0 rings (SSSR count). The lowest BCUT2D eigenvalue weighted by molar-refractivity contribution is 0.249. The van der Waals surface area contributed by atoms with Crippen LogP contribution in [-0.4, -0.2) is 12.8 Å². The third kappa shape index (κ3) is 6.85. The van der Waals surface area contributed by atoms with Crippen LogP contribution in [0.5, 0.6) is 0 Å². The minimum absolute atomic E-state index is 0.262. The molecule has 0 aliphatic carbocycles. The van der Waals surface area contributed by atoms with Crippen LogP contribution in [0.3, 0.4) is 0 Å². The third-order valence-corrected chi connectivity index (χ3v) is 2.24. The van der Waals surface area contributed by atoms with Gasteiger partial charge in [-0.1, -0.05) is 18.7 Å². The highest BCUT2D eigenvalue weighted by Gasteiger charge is 2.07. The molecular formula is C5H13OPS2. The lowest BCUT2D eigenvalue weighted by atomic mass is 10.3. The summed E-state index contributed by atoms with van der Waals surface area (Å²) in [6.07, 6.45) is 1.27. The first-order valence-corrected chi connectivity index (χ1v) is 7.26. The molecular weight excluding hydrogens is 171 g/mol. The Labute approximate surface area is 67.4 Å². The van der Waals surface area contributed by atoms with Crippen LogP contribution in [0, 0.1) is 0 Å². The number of hydrogen-bond donors (Lipinski definition) is 1. The van der Waals surface area contributed by atoms with Crippen LogP contribution in [0.4, 0.5) is 0 Å². The molecule has 4 heteroatoms. The number of hydrogen-bond acceptors (Lipinski definition) is 2. The Balaban J connectivity index is 3.60. The van der Waals surface area contributed by atoms with E-state index in [1.54, 1.807) is 0 Å². The lowest BCUT2D eigenvalue weighted by Crippen LogP contribution is -2.01. The fourth-order valence-corrected chi connectivity index (χ4v) is 2.15. The van der Waals surface area contributed by atoms with Crippen LogP contribution >= 0.6 is 17.7 Å². The molecule has 0 saturated heterocycles. The first-order chi connectivity index (χ1) is 3.95. The van der Waals surface area contributed by atoms with Crippen LogP contribution in [0.1, 0.15) is 20.3 Å². The summed E-state index contributed by atoms with van der Waals surface area (Å²) in [4.78, 5) is 0. The fraction of sp³-hybridized carbons (Fsp3) is 1.00. The van der Waals surface area contributed by atoms with Crippen molar-refractivity contribution in [2.24, 2.45) is 0 Å². The maximum atomic E-state index is 5.38. The highest BCUT2D eigenvalue weighted by molar-refractivity contribution is 8.61. The van der Waals surface area contributed by atoms with Crippen LogP contribution in [-0.2, 0) is 16.3 Å². The van der Waals surface area contributed by atoms with E-state index in [9.17, 15) is 0 Å². The van der Waals surface area contributed by atoms with Gasteiger partial charge in [0.2, 0.25) is 0 Å². The van der Waals surface area contributed by atoms with Crippen molar-refractivity contribution in [3.05, 3.63) is 0 Å². The summed E-state index contributed by atoms with van der Waals surface area (Å²) in [5, 5.41) is 0. The summed E-state index contributed by atoms with van der Waals surface area (Å²) in [7, 11) is 0. The van der Waals surface area contributed by atoms with Gasteiger partial charge in [-0.3, -0.25) is 0 Å². The van der Waals surface area contributed by atoms with Crippen LogP contribution in [0.15, 0.2) is 0 Å². The van der Waals surface area contributed by atoms with Crippen molar-refractivity contribution >= 4 is 29.5 Å². The highest BCUT2D eigenvalue weighted by Crippen LogP contribution is 2.49. The summed E-state index contributed by atoms with van der Waals surface area (Å²) >= 11 is 9.13. The molecule has 0 radical (unpaired) electrons. The van der Waals surface area contributed by atoms with Gasteiger partial charge in [0.1, 0.15) is 5.47 Å². The van der Waals surface area contributed by atoms with Crippen molar-refractivity contribution in [2.75, 3.05) is 6.66 Å². The van der Waals surface area contributed by atoms with Gasteiger partial charge in [-0.2, -0.15) is 0 Å². The normalized spacial score (nSPS) is 20.9. The first-order valence-electron chi connectivity index (χ1n) is 2.94. The fourth-order valence-electron chi connectivity index (χ4n) is 0.408. The molecule has 0 aromatic heterocycles. The van der Waals surface area contributed by atoms with Gasteiger partial charge < -0.3 is 4.52 Å². The Morgan fingerprint density at radius 2 is 2.22 bits per heavy atom. The van der Waals surface area contributed by atoms with E-state index in [0.717, 1.165) is 6.42 Å². The summed E-state index contributed by atoms with van der Waals surface area (Å²) in [5.74, 6) is 0. The van der Waals surface area contributed by atoms with Gasteiger partial charge >= 0.3 is 0 Å². The second-order valence-electron chi connectivity index (χ2n) is 2.13. The third-order valence-electron chi connectivity index (χ3n) is 0.950. The monoisotopic (exact) mass is 184 g/mol. The van der Waals surface area contributed by atoms with Gasteiger partial charge in [0.15, 0.2) is 0 Å². The second kappa shape index (κ2) is 3.97. The second-order valence-corrected chi connectivity index (χ2v) is 9.14. The standard InChI is InChI=1S/C5H13OPS2/c1-4-5(2)6-7(3,8)9/h5H,4H2,1-3H3,(H,8,9). The van der Waals surface area contributed by atoms with Crippen molar-refractivity contribution < 1.29 is 4.52 Å². The van der Waals surface area contributed by atoms with Crippen LogP contribution in [0.2, 0.25) is 0 Å². The van der Waals surface area contributed by atoms with Gasteiger partial charge in [0.05, 0.1) is 6.10 Å². The van der Waals surface area contributed by atoms with Gasteiger partial charge in [0.25, 0.3) is 0 Å². The SMILES string of the molecule is CCC(C)OP(C)(=S)S. The number of rotatable bonds is 3. The molecule has 0 aliphatic rings. The zero-order valence-corrected chi connectivity index (χ0v) is 8.60. The molecule has 0 aliphatic heterocycles. The van der Waals surface area contributed by atoms with Crippen molar-refractivity contribution in [1.29, 1.82) is 0 Å². The predicted molar refractivity (Wildman–Crippen MR) is 50.0 cm³/mol. The topological polar surface area (TPSA) is 9.23 Å². The van der Waals surface area contributed by atoms with E-state index in [2.05, 4.69) is 19.2 Å². The van der Waals surface area contributed by atoms with Gasteiger partial charge in [-0.15, -0.1) is 12.2 Å². The van der Waals surface area contributed by atoms with Gasteiger partial charge in [0, 0.05) is 0 Å². The van der Waals surface area contributed by atoms with E-state index in [1.807, 2.05) is 13.6 Å². The van der Waals surface area contributed by atoms with Crippen molar-refractivity contribution in [2.45, 2.75) is 26.4 Å². The average molecular weight is 184 g/mol. The molecule has 0 aromatic carbocycles. The maximum Gasteiger partial charge on any atom is 0.114 e. The Morgan fingerprint density at radius 1 is 1.78 bits per heavy atom. The Hall–Kier alpha value is 0.960. The van der Waals surface area contributed by atoms with Crippen LogP contribution < -0.4 is 0 Å². The zero-order valence-electron chi connectivity index (χ0n) is 6.00. The largest absolute Gasteiger partial charge is 0.339 e. The molecule has 0 spiro atoms. The number of thiol groups is 1. The molecule has 1 nitrogen and oxygen atoms in total. The Morgan fingerprint density at radius 3 is 2.33 bits per heavy atom. The van der Waals surface area contributed by atoms with E-state index in [1.165, 1.54) is 0 Å². The zero-order chi connectivity index (χ0) is 7.49. The maximum absolute atomic E-state index is 5.38. The van der Waals surface area contributed by atoms with Gasteiger partial charge in [-0.25, -0.2) is 0 Å². The van der Waals surface area contributed by atoms with Crippen LogP contribution in [0.25, 0.3) is 0 Å². The van der Waals surface area contributed by atoms with E-state index in [0.29, 0.717) is 0 Å². The van der Waals surface area contributed by atoms with Crippen molar-refractivity contribution in [3.8, 4) is 0 Å². The molecule has 0 saturated carbocycles. The van der Waals surface area contributed by atoms with Crippen molar-refractivity contribution in [1.82, 2.24) is 0 Å². The van der Waals surface area contributed by atoms with Crippen molar-refractivity contribution in [3.63, 3.8) is 0 Å². The van der Waals surface area contributed by atoms with Gasteiger partial charge in [-0.05, 0) is 20.0 Å². The molecule has 2 atom stereocenters. The Kier molecular flexibility index (Phi) is 4.39. The van der Waals surface area contributed by atoms with E-state index < -0.39 is 5.47 Å². The minimum atomic E-state index is -1.71. The van der Waals surface area contributed by atoms with E-state index in [-0.39, 0.29) is 6.10 Å². The Bertz CT molecular complexity index is 120. The molecule has 0 heterocycles. The first kappa shape index (κ1) is 9.96. The average Bonchev–Trinajstić information content (AvgIpc) is 1.62. The predicted octanol–water partition coefficient (Wildman–Crippen LogP) is 2.67. The molecule has 0 N–H and O–H groups in total. The molecule has 0 fully saturated rings. The molecule has 0 bridgehead atoms. The quantitative estimate of drug-likeness (QED) is 0.533. The van der Waals surface area contributed by atoms with E-state index in [4.69, 9.17) is 16.3 Å². The molecule has 0 amide bonds. The summed E-state index contributed by atoms with van der Waals surface area (Å²) < 4.78 is 5.38. The molecule has 56 valence electrons. The summed E-state index contributed by atoms with van der Waals surface area (Å²) in [6.45, 7) is 5.96. The highest BCUT2D eigenvalue weighted by atomic mass is 32.9. The van der Waals surface area contributed by atoms with E-state index >= 15 is 0 Å². The summed E-state index contributed by atoms with van der Waals surface area (Å²) in [5.41, 5.74) is -1.71. The lowest BCUT2D eigenvalue weighted by Gasteiger charge is -2.15. The molecule has 0 aromatic rings. The smallest absolute Gasteiger partial charge is 0.114 e. The molecule has 2 unspecified atom stereocenters. The molecule has 9 heavy (non-hydrogen) atoms. The summed E-state index contributed by atoms with van der Waals surface area (Å²) in [6, 6.07) is 0.